The van der Waals surface area contributed by atoms with Gasteiger partial charge in [-0.1, -0.05) is 0 Å². The fourth-order valence-corrected chi connectivity index (χ4v) is 3.14. The van der Waals surface area contributed by atoms with E-state index in [-0.39, 0.29) is 30.8 Å². The molecule has 1 aliphatic carbocycles. The van der Waals surface area contributed by atoms with Gasteiger partial charge in [-0.25, -0.2) is 9.78 Å². The highest BCUT2D eigenvalue weighted by Crippen LogP contribution is 2.37. The van der Waals surface area contributed by atoms with Crippen molar-refractivity contribution in [3.05, 3.63) is 28.9 Å². The molecule has 3 N–H and O–H groups in total. The van der Waals surface area contributed by atoms with Crippen molar-refractivity contribution in [2.75, 3.05) is 12.3 Å². The lowest BCUT2D eigenvalue weighted by molar-refractivity contribution is 0.275. The van der Waals surface area contributed by atoms with Crippen LogP contribution in [0.4, 0.5) is 5.95 Å². The van der Waals surface area contributed by atoms with Crippen LogP contribution in [-0.4, -0.2) is 40.4 Å². The molecule has 0 aliphatic heterocycles. The number of rotatable bonds is 4. The summed E-state index contributed by atoms with van der Waals surface area (Å²) in [7, 11) is 0. The second-order valence-electron chi connectivity index (χ2n) is 6.05. The molecule has 0 atom stereocenters. The van der Waals surface area contributed by atoms with Gasteiger partial charge in [0, 0.05) is 6.04 Å². The molecule has 4 heterocycles. The van der Waals surface area contributed by atoms with Gasteiger partial charge in [0.25, 0.3) is 0 Å². The number of imidazole rings is 1. The zero-order valence-electron chi connectivity index (χ0n) is 13.2. The molecular weight excluding hydrogens is 326 g/mol. The van der Waals surface area contributed by atoms with Crippen LogP contribution in [0.2, 0.25) is 0 Å². The minimum atomic E-state index is -0.214. The molecule has 25 heavy (non-hydrogen) atoms. The first-order valence-corrected chi connectivity index (χ1v) is 8.00. The summed E-state index contributed by atoms with van der Waals surface area (Å²) in [4.78, 5) is 21.7. The maximum absolute atomic E-state index is 12.8. The Kier molecular flexibility index (Phi) is 2.80. The molecule has 0 unspecified atom stereocenters. The number of aliphatic hydroxyl groups excluding tert-OH is 1. The Bertz CT molecular complexity index is 1150. The first-order valence-electron chi connectivity index (χ1n) is 8.00. The summed E-state index contributed by atoms with van der Waals surface area (Å²) < 4.78 is 9.89. The number of furan rings is 1. The number of hydrogen-bond acceptors (Lipinski definition) is 7. The lowest BCUT2D eigenvalue weighted by Gasteiger charge is -2.02. The zero-order valence-corrected chi connectivity index (χ0v) is 13.2. The van der Waals surface area contributed by atoms with Crippen molar-refractivity contribution >= 4 is 22.8 Å². The van der Waals surface area contributed by atoms with Crippen LogP contribution in [-0.2, 0) is 6.54 Å². The number of aliphatic hydroxyl groups is 1. The molecule has 0 aromatic carbocycles. The fourth-order valence-electron chi connectivity index (χ4n) is 3.14. The molecule has 4 aromatic heterocycles. The molecule has 5 rings (SSSR count). The molecule has 10 nitrogen and oxygen atoms in total. The number of fused-ring (bicyclic) bond motifs is 3. The lowest BCUT2D eigenvalue weighted by Crippen LogP contribution is -2.25. The number of nitrogen functional groups attached to an aromatic ring is 1. The predicted octanol–water partition coefficient (Wildman–Crippen LogP) is 0.410. The maximum Gasteiger partial charge on any atom is 0.330 e. The van der Waals surface area contributed by atoms with Crippen LogP contribution in [0.1, 0.15) is 18.9 Å². The number of nitrogens with zero attached hydrogens (tertiary/aromatic N) is 6. The summed E-state index contributed by atoms with van der Waals surface area (Å²) in [5, 5.41) is 13.7. The molecule has 0 spiro atoms. The van der Waals surface area contributed by atoms with Gasteiger partial charge < -0.3 is 15.3 Å². The highest BCUT2D eigenvalue weighted by molar-refractivity contribution is 5.88. The summed E-state index contributed by atoms with van der Waals surface area (Å²) in [6, 6.07) is 3.62. The molecule has 4 aromatic rings. The van der Waals surface area contributed by atoms with E-state index in [0.29, 0.717) is 28.4 Å². The van der Waals surface area contributed by atoms with Crippen molar-refractivity contribution < 1.29 is 9.52 Å². The molecule has 128 valence electrons. The highest BCUT2D eigenvalue weighted by Gasteiger charge is 2.32. The normalized spacial score (nSPS) is 14.8. The molecule has 10 heteroatoms. The SMILES string of the molecule is Nc1nc2c(c3nc(-c4ccco4)nn13)n(C1CC1)c(=O)n2CCO. The fraction of sp³-hybridized carbons (Fsp3) is 0.333. The largest absolute Gasteiger partial charge is 0.461 e. The van der Waals surface area contributed by atoms with E-state index in [1.54, 1.807) is 16.7 Å². The van der Waals surface area contributed by atoms with Gasteiger partial charge in [-0.3, -0.25) is 9.13 Å². The third-order valence-electron chi connectivity index (χ3n) is 4.38. The molecule has 0 saturated heterocycles. The smallest absolute Gasteiger partial charge is 0.330 e. The molecule has 1 aliphatic rings. The molecular formula is C15H15N7O3. The highest BCUT2D eigenvalue weighted by atomic mass is 16.3. The Morgan fingerprint density at radius 3 is 2.84 bits per heavy atom. The summed E-state index contributed by atoms with van der Waals surface area (Å²) in [6.45, 7) is -0.0162. The van der Waals surface area contributed by atoms with Crippen LogP contribution < -0.4 is 11.4 Å². The molecule has 1 saturated carbocycles. The van der Waals surface area contributed by atoms with Crippen molar-refractivity contribution in [3.8, 4) is 11.6 Å². The second-order valence-corrected chi connectivity index (χ2v) is 6.05. The molecule has 1 fully saturated rings. The Balaban J connectivity index is 1.90. The zero-order chi connectivity index (χ0) is 17.1. The minimum absolute atomic E-state index is 0.118. The Morgan fingerprint density at radius 1 is 1.32 bits per heavy atom. The Labute approximate surface area is 140 Å². The summed E-state index contributed by atoms with van der Waals surface area (Å²) in [5.41, 5.74) is 7.27. The third kappa shape index (κ3) is 1.94. The minimum Gasteiger partial charge on any atom is -0.461 e. The monoisotopic (exact) mass is 341 g/mol. The van der Waals surface area contributed by atoms with Crippen molar-refractivity contribution in [2.45, 2.75) is 25.4 Å². The van der Waals surface area contributed by atoms with E-state index in [0.717, 1.165) is 12.8 Å². The Hall–Kier alpha value is -3.14. The van der Waals surface area contributed by atoms with E-state index in [2.05, 4.69) is 15.1 Å². The number of aromatic nitrogens is 6. The maximum atomic E-state index is 12.8. The first kappa shape index (κ1) is 14.2. The van der Waals surface area contributed by atoms with Crippen LogP contribution in [0.15, 0.2) is 27.6 Å². The summed E-state index contributed by atoms with van der Waals surface area (Å²) in [6.07, 6.45) is 3.39. The van der Waals surface area contributed by atoms with Crippen LogP contribution >= 0.6 is 0 Å². The van der Waals surface area contributed by atoms with Crippen LogP contribution in [0, 0.1) is 0 Å². The lowest BCUT2D eigenvalue weighted by atomic mass is 10.4. The predicted molar refractivity (Wildman–Crippen MR) is 88.0 cm³/mol. The molecule has 0 radical (unpaired) electrons. The van der Waals surface area contributed by atoms with E-state index in [4.69, 9.17) is 10.2 Å². The van der Waals surface area contributed by atoms with Gasteiger partial charge in [0.05, 0.1) is 19.4 Å². The van der Waals surface area contributed by atoms with E-state index in [9.17, 15) is 9.90 Å². The van der Waals surface area contributed by atoms with Crippen molar-refractivity contribution in [3.63, 3.8) is 0 Å². The first-order chi connectivity index (χ1) is 12.2. The van der Waals surface area contributed by atoms with E-state index in [1.807, 2.05) is 0 Å². The van der Waals surface area contributed by atoms with Crippen LogP contribution in [0.3, 0.4) is 0 Å². The summed E-state index contributed by atoms with van der Waals surface area (Å²) >= 11 is 0. The molecule has 0 amide bonds. The van der Waals surface area contributed by atoms with Gasteiger partial charge in [0.2, 0.25) is 11.8 Å². The van der Waals surface area contributed by atoms with Gasteiger partial charge in [0.15, 0.2) is 17.1 Å². The van der Waals surface area contributed by atoms with E-state index >= 15 is 0 Å². The van der Waals surface area contributed by atoms with Crippen LogP contribution in [0.25, 0.3) is 28.4 Å². The quantitative estimate of drug-likeness (QED) is 0.550. The average molecular weight is 341 g/mol. The standard InChI is InChI=1S/C15H15N7O3/c16-14-18-12-10(21(8-3-4-8)15(24)20(12)5-6-23)13-17-11(19-22(13)14)9-2-1-7-25-9/h1-2,7-8,23H,3-6H2,(H2,16,18). The topological polar surface area (TPSA) is 129 Å². The van der Waals surface area contributed by atoms with Crippen molar-refractivity contribution in [2.24, 2.45) is 0 Å². The van der Waals surface area contributed by atoms with Crippen LogP contribution in [0.5, 0.6) is 0 Å². The van der Waals surface area contributed by atoms with E-state index < -0.39 is 0 Å². The summed E-state index contributed by atoms with van der Waals surface area (Å²) in [5.74, 6) is 0.995. The van der Waals surface area contributed by atoms with Gasteiger partial charge in [-0.2, -0.15) is 9.50 Å². The van der Waals surface area contributed by atoms with Gasteiger partial charge in [0.1, 0.15) is 5.52 Å². The van der Waals surface area contributed by atoms with Gasteiger partial charge in [-0.05, 0) is 25.0 Å². The third-order valence-corrected chi connectivity index (χ3v) is 4.38. The van der Waals surface area contributed by atoms with E-state index in [1.165, 1.54) is 15.3 Å². The van der Waals surface area contributed by atoms with Gasteiger partial charge in [-0.15, -0.1) is 5.10 Å². The number of anilines is 1. The number of nitrogens with two attached hydrogens (primary N) is 1. The van der Waals surface area contributed by atoms with Gasteiger partial charge >= 0.3 is 5.69 Å². The Morgan fingerprint density at radius 2 is 2.16 bits per heavy atom. The molecule has 0 bridgehead atoms. The average Bonchev–Trinajstić information content (AvgIpc) is 3.02. The number of hydrogen-bond donors (Lipinski definition) is 2. The van der Waals surface area contributed by atoms with Crippen molar-refractivity contribution in [1.82, 2.24) is 28.7 Å². The second kappa shape index (κ2) is 4.93. The van der Waals surface area contributed by atoms with Crippen molar-refractivity contribution in [1.29, 1.82) is 0 Å².